The van der Waals surface area contributed by atoms with Gasteiger partial charge >= 0.3 is 5.97 Å². The zero-order valence-corrected chi connectivity index (χ0v) is 13.5. The molecule has 5 nitrogen and oxygen atoms in total. The molecule has 3 rings (SSSR count). The molecular formula is C19H18N2O3. The van der Waals surface area contributed by atoms with Crippen LogP contribution in [0, 0.1) is 0 Å². The van der Waals surface area contributed by atoms with Gasteiger partial charge in [-0.3, -0.25) is 4.98 Å². The fourth-order valence-electron chi connectivity index (χ4n) is 2.72. The topological polar surface area (TPSA) is 71.5 Å². The highest BCUT2D eigenvalue weighted by molar-refractivity contribution is 6.05. The maximum atomic E-state index is 11.6. The molecule has 122 valence electrons. The van der Waals surface area contributed by atoms with E-state index in [9.17, 15) is 9.90 Å². The van der Waals surface area contributed by atoms with E-state index in [1.807, 2.05) is 49.4 Å². The van der Waals surface area contributed by atoms with Gasteiger partial charge in [0.25, 0.3) is 0 Å². The van der Waals surface area contributed by atoms with E-state index in [2.05, 4.69) is 10.3 Å². The highest BCUT2D eigenvalue weighted by atomic mass is 16.5. The molecule has 0 aliphatic carbocycles. The molecule has 1 atom stereocenters. The molecule has 0 spiro atoms. The van der Waals surface area contributed by atoms with Gasteiger partial charge in [0.2, 0.25) is 0 Å². The van der Waals surface area contributed by atoms with Gasteiger partial charge in [-0.2, -0.15) is 0 Å². The summed E-state index contributed by atoms with van der Waals surface area (Å²) < 4.78 is 5.33. The smallest absolute Gasteiger partial charge is 0.339 e. The van der Waals surface area contributed by atoms with E-state index in [-0.39, 0.29) is 11.6 Å². The summed E-state index contributed by atoms with van der Waals surface area (Å²) in [6.45, 7) is 1.99. The van der Waals surface area contributed by atoms with Crippen LogP contribution in [0.4, 0.5) is 5.69 Å². The zero-order valence-electron chi connectivity index (χ0n) is 13.5. The Balaban J connectivity index is 2.13. The van der Waals surface area contributed by atoms with Crippen LogP contribution in [-0.2, 0) is 0 Å². The number of aromatic nitrogens is 1. The first kappa shape index (κ1) is 15.8. The standard InChI is InChI=1S/C19H18N2O3/c1-12(13-7-4-3-5-8-13)21-17-14-9-6-10-16(24-2)18(14)20-11-15(17)19(22)23/h3-12H,1-2H3,(H,20,21)(H,22,23). The molecule has 0 aliphatic rings. The van der Waals surface area contributed by atoms with Crippen molar-refractivity contribution in [2.24, 2.45) is 0 Å². The Morgan fingerprint density at radius 3 is 2.58 bits per heavy atom. The number of carbonyl (C=O) groups is 1. The van der Waals surface area contributed by atoms with Crippen LogP contribution in [0.1, 0.15) is 28.9 Å². The molecule has 0 saturated carbocycles. The lowest BCUT2D eigenvalue weighted by Gasteiger charge is -2.19. The number of anilines is 1. The summed E-state index contributed by atoms with van der Waals surface area (Å²) in [5.74, 6) is -0.408. The van der Waals surface area contributed by atoms with E-state index >= 15 is 0 Å². The summed E-state index contributed by atoms with van der Waals surface area (Å²) in [6.07, 6.45) is 1.37. The van der Waals surface area contributed by atoms with E-state index in [1.165, 1.54) is 6.20 Å². The Kier molecular flexibility index (Phi) is 4.33. The minimum atomic E-state index is -1.02. The van der Waals surface area contributed by atoms with Crippen molar-refractivity contribution in [2.45, 2.75) is 13.0 Å². The lowest BCUT2D eigenvalue weighted by Crippen LogP contribution is -2.12. The van der Waals surface area contributed by atoms with Gasteiger partial charge in [0, 0.05) is 17.6 Å². The first-order chi connectivity index (χ1) is 11.6. The average molecular weight is 322 g/mol. The van der Waals surface area contributed by atoms with Gasteiger partial charge in [-0.1, -0.05) is 42.5 Å². The number of nitrogens with one attached hydrogen (secondary N) is 1. The second-order valence-corrected chi connectivity index (χ2v) is 5.49. The van der Waals surface area contributed by atoms with Crippen molar-refractivity contribution >= 4 is 22.6 Å². The van der Waals surface area contributed by atoms with Crippen molar-refractivity contribution in [3.63, 3.8) is 0 Å². The molecule has 0 fully saturated rings. The van der Waals surface area contributed by atoms with E-state index in [0.29, 0.717) is 17.0 Å². The predicted octanol–water partition coefficient (Wildman–Crippen LogP) is 4.11. The largest absolute Gasteiger partial charge is 0.494 e. The SMILES string of the molecule is COc1cccc2c(NC(C)c3ccccc3)c(C(=O)O)cnc12. The number of ether oxygens (including phenoxy) is 1. The Hall–Kier alpha value is -3.08. The van der Waals surface area contributed by atoms with E-state index in [4.69, 9.17) is 4.74 Å². The highest BCUT2D eigenvalue weighted by Gasteiger charge is 2.18. The molecule has 1 aromatic heterocycles. The number of benzene rings is 2. The summed E-state index contributed by atoms with van der Waals surface area (Å²) in [4.78, 5) is 15.9. The van der Waals surface area contributed by atoms with Crippen LogP contribution in [0.15, 0.2) is 54.7 Å². The first-order valence-corrected chi connectivity index (χ1v) is 7.62. The van der Waals surface area contributed by atoms with Crippen molar-refractivity contribution in [2.75, 3.05) is 12.4 Å². The number of carboxylic acid groups (broad SMARTS) is 1. The van der Waals surface area contributed by atoms with Crippen LogP contribution in [0.2, 0.25) is 0 Å². The van der Waals surface area contributed by atoms with Crippen molar-refractivity contribution < 1.29 is 14.6 Å². The monoisotopic (exact) mass is 322 g/mol. The van der Waals surface area contributed by atoms with Crippen LogP contribution < -0.4 is 10.1 Å². The third kappa shape index (κ3) is 2.88. The average Bonchev–Trinajstić information content (AvgIpc) is 2.61. The van der Waals surface area contributed by atoms with Gasteiger partial charge in [0.1, 0.15) is 16.8 Å². The quantitative estimate of drug-likeness (QED) is 0.739. The molecule has 2 aromatic carbocycles. The third-order valence-corrected chi connectivity index (χ3v) is 3.97. The number of methoxy groups -OCH3 is 1. The summed E-state index contributed by atoms with van der Waals surface area (Å²) in [6, 6.07) is 15.3. The van der Waals surface area contributed by atoms with Gasteiger partial charge in [-0.25, -0.2) is 4.79 Å². The molecule has 1 heterocycles. The Labute approximate surface area is 139 Å². The molecule has 3 aromatic rings. The van der Waals surface area contributed by atoms with Crippen molar-refractivity contribution in [1.29, 1.82) is 0 Å². The number of pyridine rings is 1. The fourth-order valence-corrected chi connectivity index (χ4v) is 2.72. The minimum absolute atomic E-state index is 0.0545. The second-order valence-electron chi connectivity index (χ2n) is 5.49. The number of rotatable bonds is 5. The molecule has 0 saturated heterocycles. The van der Waals surface area contributed by atoms with Gasteiger partial charge in [0.05, 0.1) is 12.8 Å². The molecule has 2 N–H and O–H groups in total. The van der Waals surface area contributed by atoms with Crippen molar-refractivity contribution in [1.82, 2.24) is 4.98 Å². The first-order valence-electron chi connectivity index (χ1n) is 7.62. The number of hydrogen-bond acceptors (Lipinski definition) is 4. The Bertz CT molecular complexity index is 878. The summed E-state index contributed by atoms with van der Waals surface area (Å²) in [5, 5.41) is 13.6. The number of carboxylic acids is 1. The van der Waals surface area contributed by atoms with Gasteiger partial charge < -0.3 is 15.2 Å². The van der Waals surface area contributed by atoms with Crippen LogP contribution in [-0.4, -0.2) is 23.2 Å². The molecule has 1 unspecified atom stereocenters. The maximum Gasteiger partial charge on any atom is 0.339 e. The van der Waals surface area contributed by atoms with E-state index < -0.39 is 5.97 Å². The van der Waals surface area contributed by atoms with Crippen LogP contribution in [0.5, 0.6) is 5.75 Å². The second kappa shape index (κ2) is 6.58. The van der Waals surface area contributed by atoms with Crippen LogP contribution in [0.3, 0.4) is 0 Å². The van der Waals surface area contributed by atoms with Crippen molar-refractivity contribution in [3.05, 3.63) is 65.9 Å². The molecule has 0 aliphatic heterocycles. The predicted molar refractivity (Wildman–Crippen MR) is 93.7 cm³/mol. The molecule has 24 heavy (non-hydrogen) atoms. The Morgan fingerprint density at radius 1 is 1.17 bits per heavy atom. The number of fused-ring (bicyclic) bond motifs is 1. The normalized spacial score (nSPS) is 11.9. The minimum Gasteiger partial charge on any atom is -0.494 e. The van der Waals surface area contributed by atoms with E-state index in [0.717, 1.165) is 10.9 Å². The number of para-hydroxylation sites is 1. The maximum absolute atomic E-state index is 11.6. The molecule has 5 heteroatoms. The van der Waals surface area contributed by atoms with Gasteiger partial charge in [0.15, 0.2) is 0 Å². The number of aromatic carboxylic acids is 1. The van der Waals surface area contributed by atoms with E-state index in [1.54, 1.807) is 13.2 Å². The summed E-state index contributed by atoms with van der Waals surface area (Å²) in [7, 11) is 1.57. The summed E-state index contributed by atoms with van der Waals surface area (Å²) >= 11 is 0. The lowest BCUT2D eigenvalue weighted by atomic mass is 10.0. The highest BCUT2D eigenvalue weighted by Crippen LogP contribution is 2.33. The van der Waals surface area contributed by atoms with Gasteiger partial charge in [-0.05, 0) is 18.6 Å². The Morgan fingerprint density at radius 2 is 1.92 bits per heavy atom. The fraction of sp³-hybridized carbons (Fsp3) is 0.158. The van der Waals surface area contributed by atoms with Crippen molar-refractivity contribution in [3.8, 4) is 5.75 Å². The van der Waals surface area contributed by atoms with Gasteiger partial charge in [-0.15, -0.1) is 0 Å². The molecule has 0 radical (unpaired) electrons. The number of nitrogens with zero attached hydrogens (tertiary/aromatic N) is 1. The van der Waals surface area contributed by atoms with Crippen LogP contribution >= 0.6 is 0 Å². The zero-order chi connectivity index (χ0) is 17.1. The lowest BCUT2D eigenvalue weighted by molar-refractivity contribution is 0.0697. The molecule has 0 bridgehead atoms. The number of hydrogen-bond donors (Lipinski definition) is 2. The third-order valence-electron chi connectivity index (χ3n) is 3.97. The summed E-state index contributed by atoms with van der Waals surface area (Å²) in [5.41, 5.74) is 2.38. The van der Waals surface area contributed by atoms with Crippen LogP contribution in [0.25, 0.3) is 10.9 Å². The molecule has 0 amide bonds. The molecular weight excluding hydrogens is 304 g/mol.